The average molecular weight is 757 g/mol. The largest absolute Gasteiger partial charge is 0.445 e. The summed E-state index contributed by atoms with van der Waals surface area (Å²) in [5.41, 5.74) is 6.51. The normalized spacial score (nSPS) is 16.5. The number of nitrogens with zero attached hydrogens (tertiary/aromatic N) is 2. The van der Waals surface area contributed by atoms with Crippen molar-refractivity contribution in [2.75, 3.05) is 25.5 Å². The van der Waals surface area contributed by atoms with Gasteiger partial charge in [0.25, 0.3) is 0 Å². The maximum Gasteiger partial charge on any atom is 0.410 e. The fraction of sp³-hybridized carbons (Fsp3) is 0.649. The van der Waals surface area contributed by atoms with E-state index < -0.39 is 45.8 Å². The van der Waals surface area contributed by atoms with E-state index in [1.165, 1.54) is 28.6 Å². The predicted molar refractivity (Wildman–Crippen MR) is 205 cm³/mol. The van der Waals surface area contributed by atoms with Gasteiger partial charge in [-0.05, 0) is 53.4 Å². The van der Waals surface area contributed by atoms with Crippen LogP contribution in [0.4, 0.5) is 10.5 Å². The number of likely N-dealkylation sites (N-methyl/N-ethyl adjacent to an activating group) is 1. The van der Waals surface area contributed by atoms with Crippen molar-refractivity contribution in [1.29, 1.82) is 0 Å². The second-order valence-electron chi connectivity index (χ2n) is 14.4. The first kappa shape index (κ1) is 45.1. The number of unbranched alkanes of at least 4 members (excludes halogenated alkanes) is 3. The third kappa shape index (κ3) is 15.1. The quantitative estimate of drug-likeness (QED) is 0.0778. The van der Waals surface area contributed by atoms with Gasteiger partial charge in [0.1, 0.15) is 18.7 Å². The number of anilines is 1. The van der Waals surface area contributed by atoms with Gasteiger partial charge in [-0.1, -0.05) is 72.9 Å². The van der Waals surface area contributed by atoms with Crippen molar-refractivity contribution < 1.29 is 38.3 Å². The van der Waals surface area contributed by atoms with Crippen molar-refractivity contribution in [1.82, 2.24) is 20.4 Å². The molecular weight excluding hydrogens is 699 g/mol. The number of primary amides is 1. The van der Waals surface area contributed by atoms with Gasteiger partial charge in [-0.15, -0.1) is 0 Å². The fourth-order valence-electron chi connectivity index (χ4n) is 5.90. The van der Waals surface area contributed by atoms with E-state index in [1.807, 2.05) is 6.92 Å². The molecule has 53 heavy (non-hydrogen) atoms. The molecule has 1 aliphatic rings. The summed E-state index contributed by atoms with van der Waals surface area (Å²) in [5, 5.41) is 7.54. The third-order valence-corrected chi connectivity index (χ3v) is 10.2. The average Bonchev–Trinajstić information content (AvgIpc) is 3.34. The van der Waals surface area contributed by atoms with Gasteiger partial charge in [-0.3, -0.25) is 38.6 Å². The second kappa shape index (κ2) is 21.6. The SMILES string of the molecule is [B]C(C)(CCCC)SC1CC(=O)N(CCCCCC(=O)NC(C(=O)NCC(=O)Nc2ccc(COC(=O)N(C)[C@H](C(N)=O)C(C)C)cc2)C(C)C)C1=O. The topological polar surface area (TPSA) is 197 Å². The Hall–Kier alpha value is -4.08. The zero-order valence-electron chi connectivity index (χ0n) is 32.2. The first-order chi connectivity index (χ1) is 24.9. The summed E-state index contributed by atoms with van der Waals surface area (Å²) in [5.74, 6) is -2.75. The van der Waals surface area contributed by atoms with Crippen molar-refractivity contribution >= 4 is 66.8 Å². The fourth-order valence-corrected chi connectivity index (χ4v) is 7.26. The molecule has 0 aromatic heterocycles. The van der Waals surface area contributed by atoms with Crippen molar-refractivity contribution in [3.05, 3.63) is 29.8 Å². The third-order valence-electron chi connectivity index (χ3n) is 8.84. The van der Waals surface area contributed by atoms with Gasteiger partial charge in [0.05, 0.1) is 19.6 Å². The number of ether oxygens (including phenoxy) is 1. The molecule has 0 aliphatic carbocycles. The number of rotatable bonds is 22. The van der Waals surface area contributed by atoms with Gasteiger partial charge < -0.3 is 26.4 Å². The van der Waals surface area contributed by atoms with Crippen molar-refractivity contribution in [3.8, 4) is 0 Å². The zero-order valence-corrected chi connectivity index (χ0v) is 33.0. The van der Waals surface area contributed by atoms with Crippen LogP contribution in [-0.4, -0.2) is 101 Å². The highest BCUT2D eigenvalue weighted by Gasteiger charge is 2.41. The van der Waals surface area contributed by atoms with Gasteiger partial charge in [0, 0.05) is 32.1 Å². The number of hydrogen-bond donors (Lipinski definition) is 4. The van der Waals surface area contributed by atoms with E-state index >= 15 is 0 Å². The van der Waals surface area contributed by atoms with Crippen LogP contribution in [0.5, 0.6) is 0 Å². The molecule has 1 heterocycles. The van der Waals surface area contributed by atoms with Crippen LogP contribution in [-0.2, 0) is 40.1 Å². The highest BCUT2D eigenvalue weighted by atomic mass is 32.2. The summed E-state index contributed by atoms with van der Waals surface area (Å²) >= 11 is 1.37. The summed E-state index contributed by atoms with van der Waals surface area (Å²) in [7, 11) is 7.80. The van der Waals surface area contributed by atoms with Crippen molar-refractivity contribution in [3.63, 3.8) is 0 Å². The summed E-state index contributed by atoms with van der Waals surface area (Å²) in [4.78, 5) is 90.1. The van der Waals surface area contributed by atoms with E-state index in [0.717, 1.165) is 19.3 Å². The molecule has 7 amide bonds. The molecule has 1 aromatic rings. The zero-order chi connectivity index (χ0) is 39.9. The van der Waals surface area contributed by atoms with Gasteiger partial charge in [-0.2, -0.15) is 11.8 Å². The molecule has 0 bridgehead atoms. The number of benzene rings is 1. The molecule has 292 valence electrons. The number of hydrogen-bond acceptors (Lipinski definition) is 9. The van der Waals surface area contributed by atoms with Crippen molar-refractivity contribution in [2.24, 2.45) is 17.6 Å². The Morgan fingerprint density at radius 3 is 2.26 bits per heavy atom. The van der Waals surface area contributed by atoms with Crippen LogP contribution in [0.3, 0.4) is 0 Å². The smallest absolute Gasteiger partial charge is 0.410 e. The summed E-state index contributed by atoms with van der Waals surface area (Å²) in [6.45, 7) is 11.0. The number of imide groups is 1. The molecule has 1 saturated heterocycles. The van der Waals surface area contributed by atoms with Gasteiger partial charge >= 0.3 is 6.09 Å². The van der Waals surface area contributed by atoms with E-state index in [9.17, 15) is 33.6 Å². The Labute approximate surface area is 319 Å². The van der Waals surface area contributed by atoms with Crippen LogP contribution >= 0.6 is 11.8 Å². The standard InChI is InChI=1S/C37H57BN6O8S/c1-8-9-18-37(6,38)53-27-20-30(47)44(35(27)50)19-12-10-11-13-28(45)42-31(23(2)3)34(49)40-21-29(46)41-26-16-14-25(15-17-26)22-52-36(51)43(7)32(24(4)5)33(39)48/h14-17,23-24,27,31-32H,8-13,18-22H2,1-7H3,(H2,39,48)(H,40,49)(H,41,46)(H,42,45)/t27?,31?,32-,37?/m0/s1. The van der Waals surface area contributed by atoms with E-state index in [0.29, 0.717) is 37.1 Å². The lowest BCUT2D eigenvalue weighted by Gasteiger charge is -2.27. The lowest BCUT2D eigenvalue weighted by Crippen LogP contribution is -2.51. The van der Waals surface area contributed by atoms with Crippen LogP contribution in [0.15, 0.2) is 24.3 Å². The van der Waals surface area contributed by atoms with E-state index in [4.69, 9.17) is 18.3 Å². The van der Waals surface area contributed by atoms with E-state index in [-0.39, 0.29) is 55.6 Å². The van der Waals surface area contributed by atoms with Gasteiger partial charge in [-0.25, -0.2) is 4.79 Å². The highest BCUT2D eigenvalue weighted by Crippen LogP contribution is 2.36. The Morgan fingerprint density at radius 2 is 1.68 bits per heavy atom. The maximum atomic E-state index is 12.9. The minimum Gasteiger partial charge on any atom is -0.445 e. The van der Waals surface area contributed by atoms with Gasteiger partial charge in [0.2, 0.25) is 35.4 Å². The molecule has 14 nitrogen and oxygen atoms in total. The molecule has 1 fully saturated rings. The number of nitrogens with two attached hydrogens (primary N) is 1. The molecule has 3 unspecified atom stereocenters. The summed E-state index contributed by atoms with van der Waals surface area (Å²) in [6, 6.07) is 4.90. The number of carbonyl (C=O) groups is 7. The van der Waals surface area contributed by atoms with E-state index in [2.05, 4.69) is 22.9 Å². The number of likely N-dealkylation sites (tertiary alicyclic amines) is 1. The highest BCUT2D eigenvalue weighted by molar-refractivity contribution is 8.03. The van der Waals surface area contributed by atoms with Gasteiger partial charge in [0.15, 0.2) is 0 Å². The number of nitrogens with one attached hydrogen (secondary N) is 3. The number of carbonyl (C=O) groups excluding carboxylic acids is 7. The molecule has 1 aliphatic heterocycles. The lowest BCUT2D eigenvalue weighted by atomic mass is 9.84. The lowest BCUT2D eigenvalue weighted by molar-refractivity contribution is -0.138. The predicted octanol–water partition coefficient (Wildman–Crippen LogP) is 3.46. The minimum atomic E-state index is -0.852. The Bertz CT molecular complexity index is 1440. The van der Waals surface area contributed by atoms with Crippen LogP contribution in [0.25, 0.3) is 0 Å². The van der Waals surface area contributed by atoms with E-state index in [1.54, 1.807) is 52.0 Å². The van der Waals surface area contributed by atoms with Crippen molar-refractivity contribution in [2.45, 2.75) is 121 Å². The van der Waals surface area contributed by atoms with Crippen LogP contribution in [0, 0.1) is 11.8 Å². The molecule has 2 radical (unpaired) electrons. The molecule has 16 heteroatoms. The molecule has 0 spiro atoms. The second-order valence-corrected chi connectivity index (χ2v) is 16.2. The van der Waals surface area contributed by atoms with Crippen LogP contribution in [0.2, 0.25) is 0 Å². The van der Waals surface area contributed by atoms with Crippen LogP contribution < -0.4 is 21.7 Å². The monoisotopic (exact) mass is 756 g/mol. The molecule has 4 atom stereocenters. The Kier molecular flexibility index (Phi) is 18.4. The molecule has 1 aromatic carbocycles. The molecule has 0 saturated carbocycles. The summed E-state index contributed by atoms with van der Waals surface area (Å²) in [6.07, 6.45) is 4.03. The molecular formula is C37H57BN6O8S. The minimum absolute atomic E-state index is 0.0613. The molecule has 5 N–H and O–H groups in total. The Morgan fingerprint density at radius 1 is 1.02 bits per heavy atom. The first-order valence-corrected chi connectivity index (χ1v) is 19.2. The Balaban J connectivity index is 1.73. The maximum absolute atomic E-state index is 12.9. The number of thioether (sulfide) groups is 1. The molecule has 2 rings (SSSR count). The summed E-state index contributed by atoms with van der Waals surface area (Å²) < 4.78 is 4.72. The number of amides is 7. The van der Waals surface area contributed by atoms with Crippen LogP contribution in [0.1, 0.15) is 98.5 Å². The first-order valence-electron chi connectivity index (χ1n) is 18.3.